The molecular formula is C21H21N3S3. The second-order valence-corrected chi connectivity index (χ2v) is 9.56. The first-order chi connectivity index (χ1) is 13.1. The summed E-state index contributed by atoms with van der Waals surface area (Å²) in [5, 5.41) is 9.69. The largest absolute Gasteiger partial charge is 0.249 e. The Labute approximate surface area is 171 Å². The molecular weight excluding hydrogens is 390 g/mol. The molecule has 27 heavy (non-hydrogen) atoms. The molecule has 3 heterocycles. The van der Waals surface area contributed by atoms with Gasteiger partial charge in [-0.25, -0.2) is 15.0 Å². The molecule has 138 valence electrons. The van der Waals surface area contributed by atoms with E-state index in [1.807, 2.05) is 18.6 Å². The van der Waals surface area contributed by atoms with Gasteiger partial charge in [0.2, 0.25) is 0 Å². The Morgan fingerprint density at radius 3 is 1.07 bits per heavy atom. The van der Waals surface area contributed by atoms with Crippen molar-refractivity contribution < 1.29 is 0 Å². The molecule has 0 aliphatic carbocycles. The summed E-state index contributed by atoms with van der Waals surface area (Å²) in [5.74, 6) is 0. The minimum Gasteiger partial charge on any atom is -0.249 e. The van der Waals surface area contributed by atoms with Gasteiger partial charge in [-0.15, -0.1) is 34.0 Å². The first kappa shape index (κ1) is 18.5. The topological polar surface area (TPSA) is 38.7 Å². The molecule has 0 fully saturated rings. The van der Waals surface area contributed by atoms with Crippen molar-refractivity contribution in [1.29, 1.82) is 0 Å². The fourth-order valence-electron chi connectivity index (χ4n) is 3.66. The monoisotopic (exact) mass is 411 g/mol. The molecule has 6 heteroatoms. The van der Waals surface area contributed by atoms with Crippen LogP contribution in [0.1, 0.15) is 48.4 Å². The number of hydrogen-bond donors (Lipinski definition) is 0. The van der Waals surface area contributed by atoms with E-state index in [1.165, 1.54) is 48.4 Å². The van der Waals surface area contributed by atoms with Gasteiger partial charge in [-0.2, -0.15) is 0 Å². The molecule has 1 aromatic carbocycles. The summed E-state index contributed by atoms with van der Waals surface area (Å²) in [7, 11) is 0. The predicted octanol–water partition coefficient (Wildman–Crippen LogP) is 5.75. The van der Waals surface area contributed by atoms with Crippen LogP contribution in [-0.2, 0) is 19.3 Å². The Morgan fingerprint density at radius 2 is 0.852 bits per heavy atom. The van der Waals surface area contributed by atoms with Crippen LogP contribution in [0.3, 0.4) is 0 Å². The first-order valence-electron chi connectivity index (χ1n) is 8.89. The van der Waals surface area contributed by atoms with Crippen LogP contribution in [0.15, 0.2) is 34.7 Å². The predicted molar refractivity (Wildman–Crippen MR) is 115 cm³/mol. The summed E-state index contributed by atoms with van der Waals surface area (Å²) in [4.78, 5) is 13.6. The third-order valence-corrected chi connectivity index (χ3v) is 7.49. The maximum absolute atomic E-state index is 4.52. The fraction of sp³-hybridized carbons (Fsp3) is 0.286. The van der Waals surface area contributed by atoms with Crippen molar-refractivity contribution in [2.24, 2.45) is 0 Å². The standard InChI is InChI=1S/C21H21N3S3/c1-13-16(10-19-22-4-7-25-19)14(2)18(12-21-24-6-9-27-21)15(3)17(13)11-20-23-5-8-26-20/h4-9H,10-12H2,1-3H3. The lowest BCUT2D eigenvalue weighted by molar-refractivity contribution is 0.982. The van der Waals surface area contributed by atoms with Gasteiger partial charge in [0, 0.05) is 54.0 Å². The second kappa shape index (κ2) is 8.00. The fourth-order valence-corrected chi connectivity index (χ4v) is 5.54. The van der Waals surface area contributed by atoms with E-state index in [0.29, 0.717) is 0 Å². The minimum absolute atomic E-state index is 0.894. The van der Waals surface area contributed by atoms with Crippen LogP contribution in [0.2, 0.25) is 0 Å². The summed E-state index contributed by atoms with van der Waals surface area (Å²) in [6.45, 7) is 6.79. The second-order valence-electron chi connectivity index (χ2n) is 6.62. The number of rotatable bonds is 6. The highest BCUT2D eigenvalue weighted by atomic mass is 32.1. The number of nitrogens with zero attached hydrogens (tertiary/aromatic N) is 3. The maximum Gasteiger partial charge on any atom is 0.0968 e. The Bertz CT molecular complexity index is 863. The van der Waals surface area contributed by atoms with Crippen molar-refractivity contribution in [1.82, 2.24) is 15.0 Å². The third-order valence-electron chi connectivity index (χ3n) is 5.15. The maximum atomic E-state index is 4.52. The van der Waals surface area contributed by atoms with E-state index in [2.05, 4.69) is 51.9 Å². The zero-order chi connectivity index (χ0) is 18.8. The van der Waals surface area contributed by atoms with E-state index < -0.39 is 0 Å². The lowest BCUT2D eigenvalue weighted by Gasteiger charge is -2.21. The molecule has 4 aromatic rings. The average molecular weight is 412 g/mol. The van der Waals surface area contributed by atoms with E-state index in [9.17, 15) is 0 Å². The number of aromatic nitrogens is 3. The van der Waals surface area contributed by atoms with Crippen molar-refractivity contribution in [2.75, 3.05) is 0 Å². The van der Waals surface area contributed by atoms with Crippen molar-refractivity contribution in [3.8, 4) is 0 Å². The molecule has 0 radical (unpaired) electrons. The van der Waals surface area contributed by atoms with Crippen LogP contribution in [0, 0.1) is 20.8 Å². The number of thiazole rings is 3. The lowest BCUT2D eigenvalue weighted by atomic mass is 9.85. The zero-order valence-electron chi connectivity index (χ0n) is 15.7. The number of hydrogen-bond acceptors (Lipinski definition) is 6. The van der Waals surface area contributed by atoms with Gasteiger partial charge in [0.05, 0.1) is 15.0 Å². The van der Waals surface area contributed by atoms with E-state index in [0.717, 1.165) is 19.3 Å². The van der Waals surface area contributed by atoms with Gasteiger partial charge in [0.25, 0.3) is 0 Å². The highest BCUT2D eigenvalue weighted by molar-refractivity contribution is 7.10. The summed E-state index contributed by atoms with van der Waals surface area (Å²) < 4.78 is 0. The molecule has 0 spiro atoms. The van der Waals surface area contributed by atoms with Crippen LogP contribution < -0.4 is 0 Å². The van der Waals surface area contributed by atoms with E-state index in [4.69, 9.17) is 0 Å². The van der Waals surface area contributed by atoms with Crippen LogP contribution in [-0.4, -0.2) is 15.0 Å². The molecule has 0 N–H and O–H groups in total. The van der Waals surface area contributed by atoms with Gasteiger partial charge in [-0.1, -0.05) is 0 Å². The van der Waals surface area contributed by atoms with Gasteiger partial charge < -0.3 is 0 Å². The first-order valence-corrected chi connectivity index (χ1v) is 11.5. The summed E-state index contributed by atoms with van der Waals surface area (Å²) in [6.07, 6.45) is 8.37. The van der Waals surface area contributed by atoms with Crippen molar-refractivity contribution in [3.63, 3.8) is 0 Å². The Hall–Kier alpha value is -1.89. The van der Waals surface area contributed by atoms with Gasteiger partial charge in [0.1, 0.15) is 0 Å². The van der Waals surface area contributed by atoms with E-state index in [1.54, 1.807) is 34.0 Å². The smallest absolute Gasteiger partial charge is 0.0968 e. The highest BCUT2D eigenvalue weighted by Gasteiger charge is 2.19. The van der Waals surface area contributed by atoms with Gasteiger partial charge >= 0.3 is 0 Å². The van der Waals surface area contributed by atoms with Gasteiger partial charge in [-0.05, 0) is 54.2 Å². The summed E-state index contributed by atoms with van der Waals surface area (Å²) >= 11 is 5.19. The van der Waals surface area contributed by atoms with Crippen LogP contribution in [0.4, 0.5) is 0 Å². The Balaban J connectivity index is 1.83. The van der Waals surface area contributed by atoms with E-state index >= 15 is 0 Å². The summed E-state index contributed by atoms with van der Waals surface area (Å²) in [6, 6.07) is 0. The summed E-state index contributed by atoms with van der Waals surface area (Å²) in [5.41, 5.74) is 8.39. The van der Waals surface area contributed by atoms with Crippen molar-refractivity contribution in [2.45, 2.75) is 40.0 Å². The van der Waals surface area contributed by atoms with Crippen molar-refractivity contribution >= 4 is 34.0 Å². The quantitative estimate of drug-likeness (QED) is 0.405. The van der Waals surface area contributed by atoms with Crippen LogP contribution >= 0.6 is 34.0 Å². The van der Waals surface area contributed by atoms with Crippen molar-refractivity contribution in [3.05, 3.63) is 83.1 Å². The van der Waals surface area contributed by atoms with Crippen LogP contribution in [0.25, 0.3) is 0 Å². The lowest BCUT2D eigenvalue weighted by Crippen LogP contribution is -2.09. The van der Waals surface area contributed by atoms with Crippen LogP contribution in [0.5, 0.6) is 0 Å². The average Bonchev–Trinajstić information content (AvgIpc) is 3.43. The highest BCUT2D eigenvalue weighted by Crippen LogP contribution is 2.33. The molecule has 0 amide bonds. The Kier molecular flexibility index (Phi) is 5.48. The molecule has 0 unspecified atom stereocenters. The normalized spacial score (nSPS) is 11.2. The molecule has 0 saturated carbocycles. The zero-order valence-corrected chi connectivity index (χ0v) is 18.1. The molecule has 3 aromatic heterocycles. The third kappa shape index (κ3) is 3.88. The molecule has 0 saturated heterocycles. The molecule has 4 rings (SSSR count). The van der Waals surface area contributed by atoms with E-state index in [-0.39, 0.29) is 0 Å². The SMILES string of the molecule is Cc1c(Cc2nccs2)c(C)c(Cc2nccs2)c(C)c1Cc1nccs1. The minimum atomic E-state index is 0.894. The molecule has 0 aliphatic rings. The van der Waals surface area contributed by atoms with Gasteiger partial charge in [0.15, 0.2) is 0 Å². The molecule has 3 nitrogen and oxygen atoms in total. The molecule has 0 bridgehead atoms. The molecule has 0 atom stereocenters. The Morgan fingerprint density at radius 1 is 0.556 bits per heavy atom. The van der Waals surface area contributed by atoms with Gasteiger partial charge in [-0.3, -0.25) is 0 Å². The number of benzene rings is 1. The molecule has 0 aliphatic heterocycles.